The Morgan fingerprint density at radius 2 is 1.97 bits per heavy atom. The summed E-state index contributed by atoms with van der Waals surface area (Å²) in [5.74, 6) is 0.677. The molecular formula is C19H17F2N3O5. The highest BCUT2D eigenvalue weighted by atomic mass is 19.3. The number of ether oxygens (including phenoxy) is 3. The number of amides is 3. The Morgan fingerprint density at radius 3 is 2.79 bits per heavy atom. The quantitative estimate of drug-likeness (QED) is 0.800. The number of carbonyl (C=O) groups excluding carboxylic acids is 2. The van der Waals surface area contributed by atoms with E-state index in [0.717, 1.165) is 0 Å². The zero-order valence-electron chi connectivity index (χ0n) is 15.1. The first-order chi connectivity index (χ1) is 14.0. The van der Waals surface area contributed by atoms with Crippen LogP contribution < -0.4 is 24.4 Å². The molecule has 0 radical (unpaired) electrons. The molecule has 10 heteroatoms. The fourth-order valence-electron chi connectivity index (χ4n) is 3.15. The summed E-state index contributed by atoms with van der Waals surface area (Å²) in [5.41, 5.74) is 0.950. The monoisotopic (exact) mass is 405 g/mol. The van der Waals surface area contributed by atoms with Gasteiger partial charge in [0.1, 0.15) is 12.3 Å². The molecule has 2 heterocycles. The van der Waals surface area contributed by atoms with Crippen LogP contribution in [0.3, 0.4) is 0 Å². The molecule has 0 spiro atoms. The van der Waals surface area contributed by atoms with Crippen LogP contribution >= 0.6 is 0 Å². The number of hydrogen-bond donors (Lipinski definition) is 1. The number of alkyl halides is 2. The normalized spacial score (nSPS) is 15.2. The highest BCUT2D eigenvalue weighted by Crippen LogP contribution is 2.36. The van der Waals surface area contributed by atoms with Gasteiger partial charge in [0.05, 0.1) is 0 Å². The maximum Gasteiger partial charge on any atom is 0.387 e. The van der Waals surface area contributed by atoms with Gasteiger partial charge in [-0.05, 0) is 24.3 Å². The minimum Gasteiger partial charge on any atom is -0.454 e. The Hall–Kier alpha value is -3.56. The first-order valence-corrected chi connectivity index (χ1v) is 8.80. The molecule has 2 aromatic carbocycles. The molecule has 4 rings (SSSR count). The van der Waals surface area contributed by atoms with Gasteiger partial charge in [0.2, 0.25) is 12.7 Å². The van der Waals surface area contributed by atoms with E-state index in [4.69, 9.17) is 9.47 Å². The van der Waals surface area contributed by atoms with E-state index in [1.807, 2.05) is 0 Å². The average molecular weight is 405 g/mol. The van der Waals surface area contributed by atoms with E-state index in [-0.39, 0.29) is 25.1 Å². The van der Waals surface area contributed by atoms with Crippen LogP contribution in [0.25, 0.3) is 0 Å². The summed E-state index contributed by atoms with van der Waals surface area (Å²) in [5, 5.41) is 2.58. The Kier molecular flexibility index (Phi) is 5.07. The second-order valence-electron chi connectivity index (χ2n) is 6.35. The number of halogens is 2. The number of carbonyl (C=O) groups is 2. The van der Waals surface area contributed by atoms with E-state index >= 15 is 0 Å². The molecule has 1 saturated heterocycles. The van der Waals surface area contributed by atoms with Gasteiger partial charge < -0.3 is 24.4 Å². The second-order valence-corrected chi connectivity index (χ2v) is 6.35. The zero-order chi connectivity index (χ0) is 20.4. The number of benzene rings is 2. The van der Waals surface area contributed by atoms with Gasteiger partial charge in [-0.25, -0.2) is 4.79 Å². The summed E-state index contributed by atoms with van der Waals surface area (Å²) in [4.78, 5) is 27.9. The molecule has 152 valence electrons. The van der Waals surface area contributed by atoms with Crippen molar-refractivity contribution in [3.8, 4) is 17.2 Å². The maximum absolute atomic E-state index is 12.7. The van der Waals surface area contributed by atoms with Gasteiger partial charge in [0.25, 0.3) is 0 Å². The van der Waals surface area contributed by atoms with Gasteiger partial charge in [-0.15, -0.1) is 0 Å². The largest absolute Gasteiger partial charge is 0.454 e. The van der Waals surface area contributed by atoms with Crippen molar-refractivity contribution in [2.45, 2.75) is 6.61 Å². The third kappa shape index (κ3) is 4.15. The van der Waals surface area contributed by atoms with E-state index in [9.17, 15) is 18.4 Å². The van der Waals surface area contributed by atoms with Crippen LogP contribution in [0.5, 0.6) is 17.2 Å². The van der Waals surface area contributed by atoms with Crippen molar-refractivity contribution in [3.63, 3.8) is 0 Å². The summed E-state index contributed by atoms with van der Waals surface area (Å²) in [6.45, 7) is -2.19. The number of rotatable bonds is 6. The Morgan fingerprint density at radius 1 is 1.14 bits per heavy atom. The molecule has 8 nitrogen and oxygen atoms in total. The van der Waals surface area contributed by atoms with Crippen LogP contribution in [-0.2, 0) is 4.79 Å². The maximum atomic E-state index is 12.7. The van der Waals surface area contributed by atoms with E-state index in [1.54, 1.807) is 29.2 Å². The van der Waals surface area contributed by atoms with E-state index < -0.39 is 12.5 Å². The van der Waals surface area contributed by atoms with Crippen LogP contribution in [0.2, 0.25) is 0 Å². The molecule has 3 amide bonds. The summed E-state index contributed by atoms with van der Waals surface area (Å²) < 4.78 is 39.5. The van der Waals surface area contributed by atoms with Gasteiger partial charge in [-0.2, -0.15) is 8.78 Å². The lowest BCUT2D eigenvalue weighted by Gasteiger charge is -2.19. The standard InChI is InChI=1S/C19H17F2N3O5/c20-18(21)29-14-3-1-2-12(8-14)22-17(25)10-23-6-7-24(19(23)26)13-4-5-15-16(9-13)28-11-27-15/h1-5,8-9,18H,6-7,10-11H2,(H,22,25). The highest BCUT2D eigenvalue weighted by Gasteiger charge is 2.31. The lowest BCUT2D eigenvalue weighted by Crippen LogP contribution is -2.37. The van der Waals surface area contributed by atoms with Gasteiger partial charge in [-0.1, -0.05) is 6.07 Å². The smallest absolute Gasteiger partial charge is 0.387 e. The van der Waals surface area contributed by atoms with Gasteiger partial charge in [0, 0.05) is 36.6 Å². The number of nitrogens with zero attached hydrogens (tertiary/aromatic N) is 2. The minimum atomic E-state index is -2.95. The lowest BCUT2D eigenvalue weighted by molar-refractivity contribution is -0.116. The molecule has 2 aliphatic heterocycles. The fourth-order valence-corrected chi connectivity index (χ4v) is 3.15. The van der Waals surface area contributed by atoms with Crippen molar-refractivity contribution in [1.29, 1.82) is 0 Å². The molecule has 0 unspecified atom stereocenters. The molecule has 0 aliphatic carbocycles. The van der Waals surface area contributed by atoms with Gasteiger partial charge >= 0.3 is 12.6 Å². The Bertz CT molecular complexity index is 940. The summed E-state index contributed by atoms with van der Waals surface area (Å²) >= 11 is 0. The van der Waals surface area contributed by atoms with Crippen LogP contribution in [0.1, 0.15) is 0 Å². The number of urea groups is 1. The van der Waals surface area contributed by atoms with Crippen LogP contribution in [-0.4, -0.2) is 49.9 Å². The molecule has 2 aliphatic rings. The first kappa shape index (κ1) is 18.8. The van der Waals surface area contributed by atoms with Crippen LogP contribution in [0, 0.1) is 0 Å². The van der Waals surface area contributed by atoms with Gasteiger partial charge in [-0.3, -0.25) is 9.69 Å². The van der Waals surface area contributed by atoms with Gasteiger partial charge in [0.15, 0.2) is 11.5 Å². The van der Waals surface area contributed by atoms with Crippen molar-refractivity contribution >= 4 is 23.3 Å². The SMILES string of the molecule is O=C(CN1CCN(c2ccc3c(c2)OCO3)C1=O)Nc1cccc(OC(F)F)c1. The van der Waals surface area contributed by atoms with E-state index in [1.165, 1.54) is 23.1 Å². The third-order valence-electron chi connectivity index (χ3n) is 4.44. The molecule has 0 bridgehead atoms. The third-order valence-corrected chi connectivity index (χ3v) is 4.44. The summed E-state index contributed by atoms with van der Waals surface area (Å²) in [6.07, 6.45) is 0. The predicted octanol–water partition coefficient (Wildman–Crippen LogP) is 2.90. The van der Waals surface area contributed by atoms with E-state index in [0.29, 0.717) is 36.0 Å². The number of fused-ring (bicyclic) bond motifs is 1. The van der Waals surface area contributed by atoms with Crippen molar-refractivity contribution in [1.82, 2.24) is 4.90 Å². The zero-order valence-corrected chi connectivity index (χ0v) is 15.1. The topological polar surface area (TPSA) is 80.3 Å². The van der Waals surface area contributed by atoms with Crippen molar-refractivity contribution in [2.75, 3.05) is 36.6 Å². The van der Waals surface area contributed by atoms with Crippen molar-refractivity contribution in [3.05, 3.63) is 42.5 Å². The molecule has 0 saturated carbocycles. The molecular weight excluding hydrogens is 388 g/mol. The van der Waals surface area contributed by atoms with E-state index in [2.05, 4.69) is 10.1 Å². The fraction of sp³-hybridized carbons (Fsp3) is 0.263. The van der Waals surface area contributed by atoms with Crippen LogP contribution in [0.15, 0.2) is 42.5 Å². The number of anilines is 2. The average Bonchev–Trinajstić information content (AvgIpc) is 3.28. The predicted molar refractivity (Wildman–Crippen MR) is 98.6 cm³/mol. The second kappa shape index (κ2) is 7.82. The molecule has 2 aromatic rings. The molecule has 1 fully saturated rings. The number of hydrogen-bond acceptors (Lipinski definition) is 5. The Labute approximate surface area is 164 Å². The number of nitrogens with one attached hydrogen (secondary N) is 1. The minimum absolute atomic E-state index is 0.0657. The van der Waals surface area contributed by atoms with Crippen molar-refractivity contribution < 1.29 is 32.6 Å². The molecule has 0 atom stereocenters. The molecule has 29 heavy (non-hydrogen) atoms. The first-order valence-electron chi connectivity index (χ1n) is 8.80. The van der Waals surface area contributed by atoms with Crippen molar-refractivity contribution in [2.24, 2.45) is 0 Å². The summed E-state index contributed by atoms with van der Waals surface area (Å²) in [6, 6.07) is 10.6. The Balaban J connectivity index is 1.36. The highest BCUT2D eigenvalue weighted by molar-refractivity contribution is 5.99. The van der Waals surface area contributed by atoms with Crippen LogP contribution in [0.4, 0.5) is 25.0 Å². The summed E-state index contributed by atoms with van der Waals surface area (Å²) in [7, 11) is 0. The lowest BCUT2D eigenvalue weighted by atomic mass is 10.2. The molecule has 0 aromatic heterocycles. The molecule has 1 N–H and O–H groups in total.